The molecule has 5 unspecified atom stereocenters. The number of para-hydroxylation sites is 2. The van der Waals surface area contributed by atoms with Crippen molar-refractivity contribution in [3.8, 4) is 11.5 Å². The van der Waals surface area contributed by atoms with Crippen LogP contribution in [0.2, 0.25) is 0 Å². The number of carbonyl (C=O) groups is 1. The number of benzene rings is 4. The lowest BCUT2D eigenvalue weighted by atomic mass is 10.0. The number of nitrogens with one attached hydrogen (secondary N) is 1. The van der Waals surface area contributed by atoms with E-state index in [4.69, 9.17) is 33.1 Å². The monoisotopic (exact) mass is 1270 g/mol. The van der Waals surface area contributed by atoms with Crippen molar-refractivity contribution in [2.24, 2.45) is 5.92 Å². The highest BCUT2D eigenvalue weighted by Crippen LogP contribution is 2.44. The molecule has 0 aromatic heterocycles. The van der Waals surface area contributed by atoms with Crippen LogP contribution in [0.15, 0.2) is 97.1 Å². The molecule has 85 heavy (non-hydrogen) atoms. The van der Waals surface area contributed by atoms with E-state index in [-0.39, 0.29) is 24.0 Å². The van der Waals surface area contributed by atoms with Gasteiger partial charge in [-0.2, -0.15) is 0 Å². The van der Waals surface area contributed by atoms with Gasteiger partial charge in [-0.1, -0.05) is 342 Å². The fourth-order valence-electron chi connectivity index (χ4n) is 11.8. The number of hydrogen-bond donors (Lipinski definition) is 1. The molecular weight excluding hydrogens is 1150 g/mol. The molecule has 4 aromatic carbocycles. The second-order valence-electron chi connectivity index (χ2n) is 24.5. The highest BCUT2D eigenvalue weighted by atomic mass is 32.9. The summed E-state index contributed by atoms with van der Waals surface area (Å²) in [5, 5.41) is 5.93. The minimum absolute atomic E-state index is 0.0631. The van der Waals surface area contributed by atoms with Crippen molar-refractivity contribution in [1.29, 1.82) is 0 Å². The Morgan fingerprint density at radius 3 is 1.12 bits per heavy atom. The first-order valence-electron chi connectivity index (χ1n) is 35.1. The Labute approximate surface area is 542 Å². The van der Waals surface area contributed by atoms with Crippen molar-refractivity contribution < 1.29 is 14.3 Å². The van der Waals surface area contributed by atoms with Crippen molar-refractivity contribution in [3.63, 3.8) is 0 Å². The number of amides is 1. The van der Waals surface area contributed by atoms with Gasteiger partial charge in [-0.25, -0.2) is 0 Å². The minimum Gasteiger partial charge on any atom is -0.485 e. The second kappa shape index (κ2) is 50.7. The van der Waals surface area contributed by atoms with Gasteiger partial charge in [0.1, 0.15) is 23.7 Å². The van der Waals surface area contributed by atoms with Crippen LogP contribution in [0.5, 0.6) is 11.5 Å². The number of rotatable bonds is 55. The second-order valence-corrected chi connectivity index (χ2v) is 36.1. The van der Waals surface area contributed by atoms with Crippen LogP contribution in [-0.4, -0.2) is 17.5 Å². The summed E-state index contributed by atoms with van der Waals surface area (Å²) in [6.07, 6.45) is 49.5. The summed E-state index contributed by atoms with van der Waals surface area (Å²) in [6.45, 7) is 11.4. The third kappa shape index (κ3) is 33.0. The maximum Gasteiger partial charge on any atom is 0.224 e. The lowest BCUT2D eigenvalue weighted by molar-refractivity contribution is -0.124. The first-order chi connectivity index (χ1) is 41.8. The molecule has 0 bridgehead atoms. The number of carbonyl (C=O) groups excluding carboxylic acids is 1. The number of aryl methyl sites for hydroxylation is 2. The zero-order chi connectivity index (χ0) is 60.6. The van der Waals surface area contributed by atoms with Gasteiger partial charge in [-0.3, -0.25) is 4.79 Å². The SMILES string of the molecule is CCCCCCCCCCc1ccccc1OC(CCCCCCCCC)c1ccccc1[PH](=S)SCNC(=O)C(CCCCCCC)CS[PH](=S)c1ccccc1C(CCCCCCCCC)Oc1ccccc1CCCCCCCCCC. The Kier molecular flexibility index (Phi) is 45.0. The van der Waals surface area contributed by atoms with E-state index in [2.05, 4.69) is 137 Å². The summed E-state index contributed by atoms with van der Waals surface area (Å²) >= 11 is 16.7. The topological polar surface area (TPSA) is 47.6 Å². The number of unbranched alkanes of at least 4 members (excludes halogenated alkanes) is 30. The molecular formula is C75H121NO3P2S4. The zero-order valence-corrected chi connectivity index (χ0v) is 59.8. The van der Waals surface area contributed by atoms with Crippen LogP contribution >= 0.6 is 34.6 Å². The average Bonchev–Trinajstić information content (AvgIpc) is 3.32. The molecule has 10 heteroatoms. The molecule has 0 spiro atoms. The highest BCUT2D eigenvalue weighted by molar-refractivity contribution is 8.66. The molecule has 0 aliphatic carbocycles. The molecule has 0 saturated carbocycles. The zero-order valence-electron chi connectivity index (χ0n) is 54.5. The Bertz CT molecular complexity index is 2350. The van der Waals surface area contributed by atoms with Gasteiger partial charge in [0.15, 0.2) is 0 Å². The lowest BCUT2D eigenvalue weighted by Gasteiger charge is -2.25. The summed E-state index contributed by atoms with van der Waals surface area (Å²) in [5.41, 5.74) is 5.13. The van der Waals surface area contributed by atoms with Gasteiger partial charge in [0, 0.05) is 34.6 Å². The van der Waals surface area contributed by atoms with Crippen molar-refractivity contribution >= 4 is 74.7 Å². The third-order valence-corrected chi connectivity index (χ3v) is 27.6. The third-order valence-electron chi connectivity index (χ3n) is 17.2. The Balaban J connectivity index is 1.47. The van der Waals surface area contributed by atoms with E-state index in [1.165, 1.54) is 232 Å². The van der Waals surface area contributed by atoms with Gasteiger partial charge in [0.05, 0.1) is 5.88 Å². The van der Waals surface area contributed by atoms with Crippen LogP contribution in [0, 0.1) is 5.92 Å². The average molecular weight is 1280 g/mol. The van der Waals surface area contributed by atoms with Crippen LogP contribution < -0.4 is 25.4 Å². The van der Waals surface area contributed by atoms with Crippen molar-refractivity contribution in [1.82, 2.24) is 5.32 Å². The molecule has 1 amide bonds. The van der Waals surface area contributed by atoms with Crippen LogP contribution in [0.25, 0.3) is 0 Å². The van der Waals surface area contributed by atoms with Crippen LogP contribution in [0.1, 0.15) is 313 Å². The summed E-state index contributed by atoms with van der Waals surface area (Å²) in [7, 11) is 0. The molecule has 0 fully saturated rings. The van der Waals surface area contributed by atoms with E-state index in [0.717, 1.165) is 75.0 Å². The first kappa shape index (κ1) is 75.4. The normalized spacial score (nSPS) is 13.3. The summed E-state index contributed by atoms with van der Waals surface area (Å²) < 4.78 is 14.4. The van der Waals surface area contributed by atoms with Crippen LogP contribution in [-0.2, 0) is 41.2 Å². The van der Waals surface area contributed by atoms with Gasteiger partial charge < -0.3 is 14.8 Å². The molecule has 0 radical (unpaired) electrons. The standard InChI is InChI=1S/C75H121NO3P2S4/c1-6-11-16-21-25-29-32-36-49-64-51-41-45-56-69(64)78-71(58-39-34-27-23-18-13-8-3)67-54-43-47-60-73(67)80(82)84-62-66(53-38-31-20-15-10-5)75(77)76-63-85-81(83)74-61-48-44-55-68(74)72(59-40-35-28-24-19-14-9-4)79-70-57-46-42-52-65(70)50-37-33-30-26-22-17-12-7-2/h41-48,51-52,54-57,60-61,66,71-72,80-81H,6-40,49-50,53,58-59,62-63H2,1-5H3,(H,76,77). The Hall–Kier alpha value is -2.05. The minimum atomic E-state index is -1.51. The predicted molar refractivity (Wildman–Crippen MR) is 391 cm³/mol. The summed E-state index contributed by atoms with van der Waals surface area (Å²) in [4.78, 5) is 14.5. The highest BCUT2D eigenvalue weighted by Gasteiger charge is 2.25. The van der Waals surface area contributed by atoms with E-state index in [1.807, 2.05) is 11.4 Å². The lowest BCUT2D eigenvalue weighted by Crippen LogP contribution is -2.31. The quantitative estimate of drug-likeness (QED) is 0.0269. The number of ether oxygens (including phenoxy) is 2. The molecule has 0 heterocycles. The van der Waals surface area contributed by atoms with Gasteiger partial charge in [-0.05, 0) is 91.7 Å². The van der Waals surface area contributed by atoms with E-state index in [0.29, 0.717) is 5.88 Å². The van der Waals surface area contributed by atoms with Gasteiger partial charge in [0.2, 0.25) is 5.91 Å². The molecule has 4 nitrogen and oxygen atoms in total. The first-order valence-corrected chi connectivity index (χ1v) is 43.8. The maximum absolute atomic E-state index is 14.5. The maximum atomic E-state index is 14.5. The molecule has 478 valence electrons. The molecule has 5 atom stereocenters. The van der Waals surface area contributed by atoms with Gasteiger partial charge in [0.25, 0.3) is 0 Å². The van der Waals surface area contributed by atoms with Crippen molar-refractivity contribution in [3.05, 3.63) is 119 Å². The molecule has 0 saturated heterocycles. The van der Waals surface area contributed by atoms with Crippen LogP contribution in [0.3, 0.4) is 0 Å². The predicted octanol–water partition coefficient (Wildman–Crippen LogP) is 24.2. The molecule has 1 N–H and O–H groups in total. The molecule has 0 aliphatic heterocycles. The van der Waals surface area contributed by atoms with Crippen molar-refractivity contribution in [2.75, 3.05) is 11.6 Å². The van der Waals surface area contributed by atoms with Gasteiger partial charge in [-0.15, -0.1) is 22.8 Å². The molecule has 4 rings (SSSR count). The smallest absolute Gasteiger partial charge is 0.224 e. The molecule has 0 aliphatic rings. The van der Waals surface area contributed by atoms with E-state index in [1.54, 1.807) is 11.4 Å². The largest absolute Gasteiger partial charge is 0.485 e. The van der Waals surface area contributed by atoms with Crippen LogP contribution in [0.4, 0.5) is 0 Å². The van der Waals surface area contributed by atoms with Gasteiger partial charge >= 0.3 is 0 Å². The van der Waals surface area contributed by atoms with E-state index in [9.17, 15) is 4.79 Å². The Morgan fingerprint density at radius 1 is 0.400 bits per heavy atom. The fraction of sp³-hybridized carbons (Fsp3) is 0.667. The summed E-state index contributed by atoms with van der Waals surface area (Å²) in [5.74, 6) is 0.328. The van der Waals surface area contributed by atoms with Crippen molar-refractivity contribution in [2.45, 2.75) is 304 Å². The van der Waals surface area contributed by atoms with E-state index < -0.39 is 11.8 Å². The summed E-state index contributed by atoms with van der Waals surface area (Å²) in [6, 6.07) is 35.4. The number of hydrogen-bond acceptors (Lipinski definition) is 7. The molecule has 4 aromatic rings. The van der Waals surface area contributed by atoms with E-state index >= 15 is 0 Å². The Morgan fingerprint density at radius 2 is 0.718 bits per heavy atom. The fourth-order valence-corrected chi connectivity index (χ4v) is 20.6.